The Hall–Kier alpha value is -2.29. The van der Waals surface area contributed by atoms with Crippen LogP contribution < -0.4 is 0 Å². The van der Waals surface area contributed by atoms with Crippen molar-refractivity contribution >= 4 is 21.0 Å². The number of hydrogen-bond donors (Lipinski definition) is 0. The molecule has 0 aliphatic heterocycles. The monoisotopic (exact) mass is 917 g/mol. The summed E-state index contributed by atoms with van der Waals surface area (Å²) in [6, 6.07) is 15.7. The van der Waals surface area contributed by atoms with E-state index in [0.717, 1.165) is 0 Å². The van der Waals surface area contributed by atoms with Crippen LogP contribution >= 0.6 is 0 Å². The summed E-state index contributed by atoms with van der Waals surface area (Å²) in [6.45, 7) is 65.8. The standard InChI is InChI=1S/C54H87S.CHF3O3S/c1-46(2,3)34-28-37(49(10,11)12)43(38(29-34)50(13,14)15)55(44-39(51(16,17)18)30-35(47(4,5)6)31-40(44)52(19,20)21)45-41(53(22,23)24)32-36(48(7,8)9)33-42(45)54(25,26)27;2-1(3,4)8(5,6)7/h28-33H,1-27H3;(H,5,6,7)/q+1;/p-1. The smallest absolute Gasteiger partial charge is 0.485 e. The zero-order valence-electron chi connectivity index (χ0n) is 44.6. The van der Waals surface area contributed by atoms with E-state index < -0.39 is 26.5 Å². The molecule has 0 aromatic heterocycles. The van der Waals surface area contributed by atoms with E-state index in [4.69, 9.17) is 13.0 Å². The van der Waals surface area contributed by atoms with Gasteiger partial charge in [0.05, 0.1) is 0 Å². The molecule has 0 fully saturated rings. The summed E-state index contributed by atoms with van der Waals surface area (Å²) in [6.07, 6.45) is 0. The Morgan fingerprint density at radius 3 is 0.540 bits per heavy atom. The van der Waals surface area contributed by atoms with Gasteiger partial charge in [-0.3, -0.25) is 0 Å². The molecule has 0 amide bonds. The van der Waals surface area contributed by atoms with Gasteiger partial charge in [-0.2, -0.15) is 13.2 Å². The van der Waals surface area contributed by atoms with Crippen LogP contribution in [0.25, 0.3) is 0 Å². The van der Waals surface area contributed by atoms with E-state index in [0.29, 0.717) is 0 Å². The second-order valence-electron chi connectivity index (χ2n) is 27.2. The van der Waals surface area contributed by atoms with Gasteiger partial charge in [-0.1, -0.05) is 187 Å². The second-order valence-corrected chi connectivity index (χ2v) is 30.4. The lowest BCUT2D eigenvalue weighted by Gasteiger charge is -2.38. The highest BCUT2D eigenvalue weighted by atomic mass is 32.2. The van der Waals surface area contributed by atoms with E-state index in [9.17, 15) is 13.2 Å². The molecule has 8 heteroatoms. The molecule has 0 aliphatic rings. The van der Waals surface area contributed by atoms with E-state index in [2.05, 4.69) is 223 Å². The maximum atomic E-state index is 10.7. The molecule has 3 rings (SSSR count). The fourth-order valence-electron chi connectivity index (χ4n) is 7.49. The third kappa shape index (κ3) is 13.6. The number of halogens is 3. The van der Waals surface area contributed by atoms with Crippen LogP contribution in [-0.2, 0) is 69.7 Å². The molecule has 358 valence electrons. The predicted octanol–water partition coefficient (Wildman–Crippen LogP) is 16.5. The molecule has 0 heterocycles. The predicted molar refractivity (Wildman–Crippen MR) is 266 cm³/mol. The van der Waals surface area contributed by atoms with Gasteiger partial charge in [-0.15, -0.1) is 0 Å². The van der Waals surface area contributed by atoms with Crippen molar-refractivity contribution in [1.29, 1.82) is 0 Å². The van der Waals surface area contributed by atoms with Crippen molar-refractivity contribution in [2.45, 2.75) is 256 Å². The van der Waals surface area contributed by atoms with Crippen LogP contribution in [0.1, 0.15) is 237 Å². The molecule has 3 nitrogen and oxygen atoms in total. The highest BCUT2D eigenvalue weighted by Crippen LogP contribution is 2.54. The molecule has 0 aliphatic carbocycles. The Bertz CT molecular complexity index is 1900. The van der Waals surface area contributed by atoms with E-state index >= 15 is 0 Å². The summed E-state index contributed by atoms with van der Waals surface area (Å²) in [5.74, 6) is 0. The van der Waals surface area contributed by atoms with Gasteiger partial charge in [0.15, 0.2) is 24.8 Å². The molecule has 3 aromatic rings. The Morgan fingerprint density at radius 1 is 0.333 bits per heavy atom. The SMILES string of the molecule is CC(C)(C)c1cc(C(C)(C)C)c([S+](c2c(C(C)(C)C)cc(C(C)(C)C)cc2C(C)(C)C)c2c(C(C)(C)C)cc(C(C)(C)C)cc2C(C)(C)C)c(C(C)(C)C)c1.O=S(=O)([O-])C(F)(F)F. The normalized spacial score (nSPS) is 14.5. The van der Waals surface area contributed by atoms with Gasteiger partial charge in [-0.05, 0) is 102 Å². The largest absolute Gasteiger partial charge is 0.741 e. The number of alkyl halides is 3. The molecule has 0 unspecified atom stereocenters. The summed E-state index contributed by atoms with van der Waals surface area (Å²) in [5.41, 5.74) is 7.10. The third-order valence-corrected chi connectivity index (χ3v) is 14.7. The Labute approximate surface area is 387 Å². The van der Waals surface area contributed by atoms with Crippen molar-refractivity contribution in [2.75, 3.05) is 0 Å². The van der Waals surface area contributed by atoms with Crippen molar-refractivity contribution in [2.24, 2.45) is 0 Å². The van der Waals surface area contributed by atoms with Crippen LogP contribution in [0.5, 0.6) is 0 Å². The fourth-order valence-corrected chi connectivity index (χ4v) is 11.6. The minimum Gasteiger partial charge on any atom is -0.741 e. The molecule has 0 radical (unpaired) electrons. The lowest BCUT2D eigenvalue weighted by Crippen LogP contribution is -2.33. The molecule has 0 N–H and O–H groups in total. The Kier molecular flexibility index (Phi) is 15.7. The lowest BCUT2D eigenvalue weighted by molar-refractivity contribution is -0.0517. The second kappa shape index (κ2) is 17.4. The number of benzene rings is 3. The summed E-state index contributed by atoms with van der Waals surface area (Å²) < 4.78 is 58.9. The highest BCUT2D eigenvalue weighted by Gasteiger charge is 2.50. The molecule has 0 atom stereocenters. The topological polar surface area (TPSA) is 57.2 Å². The molecule has 0 spiro atoms. The van der Waals surface area contributed by atoms with Gasteiger partial charge in [-0.25, -0.2) is 8.42 Å². The maximum absolute atomic E-state index is 10.7. The van der Waals surface area contributed by atoms with Crippen LogP contribution in [-0.4, -0.2) is 18.5 Å². The zero-order chi connectivity index (χ0) is 50.2. The molecular weight excluding hydrogens is 830 g/mol. The minimum absolute atomic E-state index is 0.0140. The first kappa shape index (κ1) is 56.8. The Morgan fingerprint density at radius 2 is 0.460 bits per heavy atom. The van der Waals surface area contributed by atoms with Gasteiger partial charge in [0.1, 0.15) is 10.9 Å². The van der Waals surface area contributed by atoms with Crippen molar-refractivity contribution in [1.82, 2.24) is 0 Å². The van der Waals surface area contributed by atoms with E-state index in [1.54, 1.807) is 14.7 Å². The van der Waals surface area contributed by atoms with Crippen LogP contribution in [0.4, 0.5) is 13.2 Å². The van der Waals surface area contributed by atoms with Crippen molar-refractivity contribution in [3.05, 3.63) is 86.5 Å². The summed E-state index contributed by atoms with van der Waals surface area (Å²) in [4.78, 5) is 4.64. The molecule has 0 bridgehead atoms. The van der Waals surface area contributed by atoms with Crippen LogP contribution in [0.15, 0.2) is 51.1 Å². The molecule has 3 aromatic carbocycles. The zero-order valence-corrected chi connectivity index (χ0v) is 46.3. The van der Waals surface area contributed by atoms with Gasteiger partial charge in [0.25, 0.3) is 0 Å². The molecule has 0 saturated heterocycles. The number of rotatable bonds is 3. The van der Waals surface area contributed by atoms with E-state index in [-0.39, 0.29) is 48.7 Å². The average Bonchev–Trinajstić information content (AvgIpc) is 2.99. The van der Waals surface area contributed by atoms with Gasteiger partial charge in [0.2, 0.25) is 0 Å². The van der Waals surface area contributed by atoms with Crippen molar-refractivity contribution < 1.29 is 26.1 Å². The quantitative estimate of drug-likeness (QED) is 0.149. The minimum atomic E-state index is -6.09. The number of hydrogen-bond acceptors (Lipinski definition) is 3. The first-order valence-electron chi connectivity index (χ1n) is 22.6. The molecule has 63 heavy (non-hydrogen) atoms. The lowest BCUT2D eigenvalue weighted by atomic mass is 9.75. The first-order valence-corrected chi connectivity index (χ1v) is 25.2. The molecule has 0 saturated carbocycles. The van der Waals surface area contributed by atoms with Gasteiger partial charge in [0, 0.05) is 33.4 Å². The van der Waals surface area contributed by atoms with E-state index in [1.807, 2.05) is 0 Å². The first-order chi connectivity index (χ1) is 27.2. The van der Waals surface area contributed by atoms with E-state index in [1.165, 1.54) is 50.1 Å². The van der Waals surface area contributed by atoms with Crippen LogP contribution in [0.2, 0.25) is 0 Å². The summed E-state index contributed by atoms with van der Waals surface area (Å²) in [7, 11) is -6.56. The third-order valence-electron chi connectivity index (χ3n) is 11.6. The fraction of sp³-hybridized carbons (Fsp3) is 0.673. The summed E-state index contributed by atoms with van der Waals surface area (Å²) in [5, 5.41) is 0. The maximum Gasteiger partial charge on any atom is 0.485 e. The van der Waals surface area contributed by atoms with Gasteiger partial charge >= 0.3 is 5.51 Å². The van der Waals surface area contributed by atoms with Crippen LogP contribution in [0, 0.1) is 0 Å². The van der Waals surface area contributed by atoms with Crippen molar-refractivity contribution in [3.63, 3.8) is 0 Å². The van der Waals surface area contributed by atoms with Crippen molar-refractivity contribution in [3.8, 4) is 0 Å². The highest BCUT2D eigenvalue weighted by molar-refractivity contribution is 7.97. The van der Waals surface area contributed by atoms with Gasteiger partial charge < -0.3 is 4.55 Å². The Balaban J connectivity index is 0.00000155. The van der Waals surface area contributed by atoms with Crippen LogP contribution in [0.3, 0.4) is 0 Å². The average molecular weight is 917 g/mol. The molecular formula is C55H87F3O3S2. The summed E-state index contributed by atoms with van der Waals surface area (Å²) >= 11 is 0.